The van der Waals surface area contributed by atoms with Gasteiger partial charge in [0, 0.05) is 19.0 Å². The van der Waals surface area contributed by atoms with Gasteiger partial charge in [0.2, 0.25) is 11.8 Å². The van der Waals surface area contributed by atoms with Crippen molar-refractivity contribution in [3.8, 4) is 0 Å². The van der Waals surface area contributed by atoms with Gasteiger partial charge in [0.25, 0.3) is 5.22 Å². The summed E-state index contributed by atoms with van der Waals surface area (Å²) in [4.78, 5) is 14.9. The summed E-state index contributed by atoms with van der Waals surface area (Å²) in [5.74, 6) is 0.838. The van der Waals surface area contributed by atoms with E-state index in [0.29, 0.717) is 17.5 Å². The molecule has 0 aliphatic heterocycles. The molecule has 0 saturated heterocycles. The minimum atomic E-state index is -0.213. The number of thioether (sulfide) groups is 1. The van der Waals surface area contributed by atoms with Gasteiger partial charge in [-0.3, -0.25) is 4.79 Å². The van der Waals surface area contributed by atoms with Crippen molar-refractivity contribution in [2.45, 2.75) is 30.7 Å². The molecule has 0 aliphatic rings. The SMILES string of the molecule is CC(C)[C@H](Sc1nnc(Cc2cccs2)o1)C(=O)N(C)C. The van der Waals surface area contributed by atoms with Gasteiger partial charge in [-0.25, -0.2) is 0 Å². The number of hydrogen-bond acceptors (Lipinski definition) is 6. The first kappa shape index (κ1) is 16.0. The average Bonchev–Trinajstić information content (AvgIpc) is 3.07. The van der Waals surface area contributed by atoms with Gasteiger partial charge in [-0.05, 0) is 17.4 Å². The standard InChI is InChI=1S/C14H19N3O2S2/c1-9(2)12(13(18)17(3)4)21-14-16-15-11(19-14)8-10-6-5-7-20-10/h5-7,9,12H,8H2,1-4H3/t12-/m0/s1. The second-order valence-electron chi connectivity index (χ2n) is 5.23. The van der Waals surface area contributed by atoms with E-state index in [9.17, 15) is 4.79 Å². The van der Waals surface area contributed by atoms with E-state index in [4.69, 9.17) is 4.42 Å². The van der Waals surface area contributed by atoms with Crippen LogP contribution in [-0.4, -0.2) is 40.3 Å². The minimum absolute atomic E-state index is 0.0630. The van der Waals surface area contributed by atoms with Crippen LogP contribution in [-0.2, 0) is 11.2 Å². The molecule has 0 aliphatic carbocycles. The van der Waals surface area contributed by atoms with Crippen molar-refractivity contribution in [1.82, 2.24) is 15.1 Å². The van der Waals surface area contributed by atoms with Crippen molar-refractivity contribution in [3.05, 3.63) is 28.3 Å². The molecular formula is C14H19N3O2S2. The van der Waals surface area contributed by atoms with Crippen molar-refractivity contribution in [3.63, 3.8) is 0 Å². The van der Waals surface area contributed by atoms with Gasteiger partial charge in [0.15, 0.2) is 0 Å². The Labute approximate surface area is 132 Å². The van der Waals surface area contributed by atoms with Crippen LogP contribution >= 0.6 is 23.1 Å². The molecule has 0 bridgehead atoms. The van der Waals surface area contributed by atoms with Gasteiger partial charge >= 0.3 is 0 Å². The number of hydrogen-bond donors (Lipinski definition) is 0. The molecule has 0 saturated carbocycles. The number of carbonyl (C=O) groups is 1. The zero-order chi connectivity index (χ0) is 15.4. The summed E-state index contributed by atoms with van der Waals surface area (Å²) < 4.78 is 5.64. The van der Waals surface area contributed by atoms with Gasteiger partial charge in [0.1, 0.15) is 0 Å². The van der Waals surface area contributed by atoms with E-state index < -0.39 is 0 Å². The highest BCUT2D eigenvalue weighted by atomic mass is 32.2. The van der Waals surface area contributed by atoms with Crippen molar-refractivity contribution in [1.29, 1.82) is 0 Å². The molecule has 0 fully saturated rings. The molecule has 0 radical (unpaired) electrons. The number of thiophene rings is 1. The first-order valence-corrected chi connectivity index (χ1v) is 8.46. The van der Waals surface area contributed by atoms with E-state index in [1.807, 2.05) is 31.4 Å². The highest BCUT2D eigenvalue weighted by molar-refractivity contribution is 8.00. The molecule has 2 aromatic heterocycles. The number of rotatable bonds is 6. The molecule has 1 atom stereocenters. The van der Waals surface area contributed by atoms with Crippen LogP contribution in [0.3, 0.4) is 0 Å². The van der Waals surface area contributed by atoms with Gasteiger partial charge in [-0.15, -0.1) is 21.5 Å². The second kappa shape index (κ2) is 7.09. The maximum absolute atomic E-state index is 12.2. The summed E-state index contributed by atoms with van der Waals surface area (Å²) >= 11 is 3.00. The number of carbonyl (C=O) groups excluding carboxylic acids is 1. The van der Waals surface area contributed by atoms with E-state index in [-0.39, 0.29) is 17.1 Å². The Hall–Kier alpha value is -1.34. The van der Waals surface area contributed by atoms with E-state index in [2.05, 4.69) is 10.2 Å². The third-order valence-electron chi connectivity index (χ3n) is 2.87. The fourth-order valence-electron chi connectivity index (χ4n) is 1.75. The lowest BCUT2D eigenvalue weighted by molar-refractivity contribution is -0.128. The number of amides is 1. The van der Waals surface area contributed by atoms with Crippen LogP contribution in [0.1, 0.15) is 24.6 Å². The summed E-state index contributed by atoms with van der Waals surface area (Å²) in [7, 11) is 3.52. The molecule has 1 amide bonds. The van der Waals surface area contributed by atoms with Crippen molar-refractivity contribution in [2.75, 3.05) is 14.1 Å². The Morgan fingerprint density at radius 2 is 2.19 bits per heavy atom. The van der Waals surface area contributed by atoms with Crippen LogP contribution in [0.2, 0.25) is 0 Å². The highest BCUT2D eigenvalue weighted by Gasteiger charge is 2.27. The second-order valence-corrected chi connectivity index (χ2v) is 7.36. The molecule has 2 rings (SSSR count). The third kappa shape index (κ3) is 4.31. The molecule has 0 unspecified atom stereocenters. The quantitative estimate of drug-likeness (QED) is 0.764. The predicted molar refractivity (Wildman–Crippen MR) is 84.6 cm³/mol. The summed E-state index contributed by atoms with van der Waals surface area (Å²) in [5.41, 5.74) is 0. The van der Waals surface area contributed by atoms with Crippen LogP contribution in [0, 0.1) is 5.92 Å². The van der Waals surface area contributed by atoms with Gasteiger partial charge in [0.05, 0.1) is 11.7 Å². The average molecular weight is 325 g/mol. The smallest absolute Gasteiger partial charge is 0.277 e. The van der Waals surface area contributed by atoms with Crippen molar-refractivity contribution < 1.29 is 9.21 Å². The minimum Gasteiger partial charge on any atom is -0.416 e. The molecule has 0 N–H and O–H groups in total. The molecule has 2 heterocycles. The van der Waals surface area contributed by atoms with Crippen LogP contribution in [0.15, 0.2) is 27.2 Å². The number of aromatic nitrogens is 2. The highest BCUT2D eigenvalue weighted by Crippen LogP contribution is 2.28. The Kier molecular flexibility index (Phi) is 5.41. The third-order valence-corrected chi connectivity index (χ3v) is 5.11. The lowest BCUT2D eigenvalue weighted by Gasteiger charge is -2.21. The topological polar surface area (TPSA) is 59.2 Å². The van der Waals surface area contributed by atoms with E-state index >= 15 is 0 Å². The van der Waals surface area contributed by atoms with Crippen LogP contribution in [0.25, 0.3) is 0 Å². The predicted octanol–water partition coefficient (Wildman–Crippen LogP) is 2.93. The number of nitrogens with zero attached hydrogens (tertiary/aromatic N) is 3. The summed E-state index contributed by atoms with van der Waals surface area (Å²) in [5, 5.41) is 10.4. The monoisotopic (exact) mass is 325 g/mol. The Balaban J connectivity index is 2.04. The Bertz CT molecular complexity index is 579. The summed E-state index contributed by atoms with van der Waals surface area (Å²) in [6.07, 6.45) is 0.638. The molecule has 114 valence electrons. The summed E-state index contributed by atoms with van der Waals surface area (Å²) in [6.45, 7) is 4.03. The Morgan fingerprint density at radius 1 is 1.43 bits per heavy atom. The lowest BCUT2D eigenvalue weighted by Crippen LogP contribution is -2.34. The maximum Gasteiger partial charge on any atom is 0.277 e. The van der Waals surface area contributed by atoms with Gasteiger partial charge in [-0.2, -0.15) is 0 Å². The van der Waals surface area contributed by atoms with Crippen molar-refractivity contribution in [2.24, 2.45) is 5.92 Å². The van der Waals surface area contributed by atoms with E-state index in [0.717, 1.165) is 0 Å². The molecule has 21 heavy (non-hydrogen) atoms. The van der Waals surface area contributed by atoms with Gasteiger partial charge in [-0.1, -0.05) is 31.7 Å². The first-order chi connectivity index (χ1) is 9.97. The molecule has 2 aromatic rings. The molecule has 0 aromatic carbocycles. The molecule has 7 heteroatoms. The lowest BCUT2D eigenvalue weighted by atomic mass is 10.1. The Morgan fingerprint density at radius 3 is 2.76 bits per heavy atom. The largest absolute Gasteiger partial charge is 0.416 e. The fourth-order valence-corrected chi connectivity index (χ4v) is 3.48. The van der Waals surface area contributed by atoms with Crippen LogP contribution < -0.4 is 0 Å². The van der Waals surface area contributed by atoms with E-state index in [1.54, 1.807) is 30.3 Å². The fraction of sp³-hybridized carbons (Fsp3) is 0.500. The molecular weight excluding hydrogens is 306 g/mol. The maximum atomic E-state index is 12.2. The van der Waals surface area contributed by atoms with E-state index in [1.165, 1.54) is 16.6 Å². The molecule has 5 nitrogen and oxygen atoms in total. The van der Waals surface area contributed by atoms with Crippen LogP contribution in [0.5, 0.6) is 0 Å². The zero-order valence-corrected chi connectivity index (χ0v) is 14.2. The first-order valence-electron chi connectivity index (χ1n) is 6.70. The van der Waals surface area contributed by atoms with Crippen LogP contribution in [0.4, 0.5) is 0 Å². The zero-order valence-electron chi connectivity index (χ0n) is 12.6. The molecule has 0 spiro atoms. The summed E-state index contributed by atoms with van der Waals surface area (Å²) in [6, 6.07) is 4.03. The van der Waals surface area contributed by atoms with Crippen molar-refractivity contribution >= 4 is 29.0 Å². The normalized spacial score (nSPS) is 12.6. The van der Waals surface area contributed by atoms with Gasteiger partial charge < -0.3 is 9.32 Å².